The van der Waals surface area contributed by atoms with Crippen molar-refractivity contribution in [3.05, 3.63) is 60.7 Å². The normalized spacial score (nSPS) is 15.0. The first-order valence-corrected chi connectivity index (χ1v) is 8.81. The van der Waals surface area contributed by atoms with Crippen LogP contribution in [0.3, 0.4) is 0 Å². The Hall–Kier alpha value is -2.39. The summed E-state index contributed by atoms with van der Waals surface area (Å²) in [7, 11) is 0. The predicted molar refractivity (Wildman–Crippen MR) is 101 cm³/mol. The van der Waals surface area contributed by atoms with Crippen molar-refractivity contribution in [3.63, 3.8) is 0 Å². The molecule has 1 fully saturated rings. The molecule has 3 nitrogen and oxygen atoms in total. The molecule has 1 saturated heterocycles. The van der Waals surface area contributed by atoms with E-state index >= 15 is 0 Å². The molecule has 0 aliphatic carbocycles. The Balaban J connectivity index is 1.62. The maximum Gasteiger partial charge on any atom is 0.0730 e. The molecule has 1 aliphatic rings. The van der Waals surface area contributed by atoms with Crippen molar-refractivity contribution in [2.24, 2.45) is 0 Å². The molecule has 24 heavy (non-hydrogen) atoms. The first kappa shape index (κ1) is 15.2. The summed E-state index contributed by atoms with van der Waals surface area (Å²) in [6, 6.07) is 21.0. The van der Waals surface area contributed by atoms with Crippen LogP contribution >= 0.6 is 0 Å². The number of nitrogens with one attached hydrogen (secondary N) is 1. The van der Waals surface area contributed by atoms with Crippen LogP contribution in [0, 0.1) is 0 Å². The van der Waals surface area contributed by atoms with Gasteiger partial charge in [0.2, 0.25) is 0 Å². The zero-order valence-electron chi connectivity index (χ0n) is 13.9. The summed E-state index contributed by atoms with van der Waals surface area (Å²) in [5.41, 5.74) is 4.41. The number of hydrogen-bond acceptors (Lipinski definition) is 3. The molecular formula is C21H23N3. The van der Waals surface area contributed by atoms with E-state index in [-0.39, 0.29) is 0 Å². The molecule has 4 rings (SSSR count). The van der Waals surface area contributed by atoms with E-state index in [4.69, 9.17) is 4.98 Å². The van der Waals surface area contributed by atoms with Crippen LogP contribution in [0.25, 0.3) is 22.2 Å². The van der Waals surface area contributed by atoms with E-state index in [1.807, 2.05) is 6.07 Å². The molecule has 1 N–H and O–H groups in total. The number of aromatic nitrogens is 1. The monoisotopic (exact) mass is 317 g/mol. The largest absolute Gasteiger partial charge is 0.383 e. The number of anilines is 1. The summed E-state index contributed by atoms with van der Waals surface area (Å²) in [6.45, 7) is 4.57. The van der Waals surface area contributed by atoms with Crippen LogP contribution in [0.15, 0.2) is 60.7 Å². The van der Waals surface area contributed by atoms with Crippen LogP contribution in [0.4, 0.5) is 5.69 Å². The van der Waals surface area contributed by atoms with Gasteiger partial charge < -0.3 is 10.2 Å². The zero-order valence-corrected chi connectivity index (χ0v) is 13.9. The standard InChI is InChI=1S/C21H23N3/c1-2-8-17(9-3-1)20-16-21(18-10-4-5-11-19(18)23-20)22-12-15-24-13-6-7-14-24/h1-5,8-11,16H,6-7,12-15H2,(H,22,23). The number of nitrogens with zero attached hydrogens (tertiary/aromatic N) is 2. The second-order valence-corrected chi connectivity index (χ2v) is 6.41. The van der Waals surface area contributed by atoms with Gasteiger partial charge in [-0.05, 0) is 38.1 Å². The average molecular weight is 317 g/mol. The zero-order chi connectivity index (χ0) is 16.2. The highest BCUT2D eigenvalue weighted by Crippen LogP contribution is 2.28. The molecule has 0 amide bonds. The maximum atomic E-state index is 4.84. The van der Waals surface area contributed by atoms with Gasteiger partial charge in [-0.15, -0.1) is 0 Å². The van der Waals surface area contributed by atoms with Crippen LogP contribution in [-0.4, -0.2) is 36.1 Å². The van der Waals surface area contributed by atoms with Gasteiger partial charge in [0.25, 0.3) is 0 Å². The van der Waals surface area contributed by atoms with Gasteiger partial charge in [0.15, 0.2) is 0 Å². The Kier molecular flexibility index (Phi) is 4.43. The Morgan fingerprint density at radius 3 is 2.50 bits per heavy atom. The van der Waals surface area contributed by atoms with E-state index in [0.717, 1.165) is 29.9 Å². The van der Waals surface area contributed by atoms with Crippen molar-refractivity contribution in [1.82, 2.24) is 9.88 Å². The summed E-state index contributed by atoms with van der Waals surface area (Å²) in [6.07, 6.45) is 2.69. The van der Waals surface area contributed by atoms with Crippen molar-refractivity contribution in [3.8, 4) is 11.3 Å². The molecule has 0 atom stereocenters. The first-order valence-electron chi connectivity index (χ1n) is 8.81. The number of pyridine rings is 1. The molecular weight excluding hydrogens is 294 g/mol. The smallest absolute Gasteiger partial charge is 0.0730 e. The lowest BCUT2D eigenvalue weighted by Gasteiger charge is -2.17. The van der Waals surface area contributed by atoms with E-state index in [1.165, 1.54) is 37.0 Å². The number of hydrogen-bond donors (Lipinski definition) is 1. The van der Waals surface area contributed by atoms with Crippen LogP contribution < -0.4 is 5.32 Å². The third kappa shape index (κ3) is 3.26. The highest BCUT2D eigenvalue weighted by atomic mass is 15.1. The van der Waals surface area contributed by atoms with Crippen molar-refractivity contribution < 1.29 is 0 Å². The molecule has 3 heteroatoms. The molecule has 3 aromatic rings. The Bertz CT molecular complexity index is 808. The Labute approximate surface area is 143 Å². The fraction of sp³-hybridized carbons (Fsp3) is 0.286. The molecule has 122 valence electrons. The van der Waals surface area contributed by atoms with E-state index < -0.39 is 0 Å². The first-order chi connectivity index (χ1) is 11.9. The molecule has 2 heterocycles. The quantitative estimate of drug-likeness (QED) is 0.755. The number of benzene rings is 2. The number of fused-ring (bicyclic) bond motifs is 1. The van der Waals surface area contributed by atoms with E-state index in [2.05, 4.69) is 64.8 Å². The minimum atomic E-state index is 0.974. The number of para-hydroxylation sites is 1. The van der Waals surface area contributed by atoms with Crippen LogP contribution in [0.1, 0.15) is 12.8 Å². The second kappa shape index (κ2) is 7.02. The van der Waals surface area contributed by atoms with Crippen LogP contribution in [0.2, 0.25) is 0 Å². The summed E-state index contributed by atoms with van der Waals surface area (Å²) < 4.78 is 0. The second-order valence-electron chi connectivity index (χ2n) is 6.41. The van der Waals surface area contributed by atoms with Gasteiger partial charge in [-0.2, -0.15) is 0 Å². The predicted octanol–water partition coefficient (Wildman–Crippen LogP) is 4.41. The lowest BCUT2D eigenvalue weighted by molar-refractivity contribution is 0.353. The highest BCUT2D eigenvalue weighted by Gasteiger charge is 2.11. The Morgan fingerprint density at radius 2 is 1.67 bits per heavy atom. The Morgan fingerprint density at radius 1 is 0.917 bits per heavy atom. The topological polar surface area (TPSA) is 28.2 Å². The maximum absolute atomic E-state index is 4.84. The van der Waals surface area contributed by atoms with Crippen molar-refractivity contribution in [1.29, 1.82) is 0 Å². The third-order valence-corrected chi connectivity index (χ3v) is 4.73. The summed E-state index contributed by atoms with van der Waals surface area (Å²) in [5.74, 6) is 0. The van der Waals surface area contributed by atoms with Crippen molar-refractivity contribution in [2.75, 3.05) is 31.5 Å². The minimum absolute atomic E-state index is 0.974. The fourth-order valence-electron chi connectivity index (χ4n) is 3.43. The fourth-order valence-corrected chi connectivity index (χ4v) is 3.43. The van der Waals surface area contributed by atoms with E-state index in [0.29, 0.717) is 0 Å². The van der Waals surface area contributed by atoms with E-state index in [1.54, 1.807) is 0 Å². The molecule has 0 radical (unpaired) electrons. The average Bonchev–Trinajstić information content (AvgIpc) is 3.16. The lowest BCUT2D eigenvalue weighted by atomic mass is 10.1. The number of likely N-dealkylation sites (tertiary alicyclic amines) is 1. The molecule has 0 bridgehead atoms. The van der Waals surface area contributed by atoms with Crippen molar-refractivity contribution in [2.45, 2.75) is 12.8 Å². The van der Waals surface area contributed by atoms with Gasteiger partial charge in [0.1, 0.15) is 0 Å². The molecule has 1 aliphatic heterocycles. The van der Waals surface area contributed by atoms with Gasteiger partial charge in [-0.25, -0.2) is 4.98 Å². The third-order valence-electron chi connectivity index (χ3n) is 4.73. The lowest BCUT2D eigenvalue weighted by Crippen LogP contribution is -2.26. The molecule has 0 saturated carbocycles. The van der Waals surface area contributed by atoms with Gasteiger partial charge in [-0.1, -0.05) is 48.5 Å². The van der Waals surface area contributed by atoms with Gasteiger partial charge in [-0.3, -0.25) is 0 Å². The molecule has 1 aromatic heterocycles. The number of rotatable bonds is 5. The van der Waals surface area contributed by atoms with Gasteiger partial charge in [0, 0.05) is 29.7 Å². The highest BCUT2D eigenvalue weighted by molar-refractivity contribution is 5.93. The summed E-state index contributed by atoms with van der Waals surface area (Å²) in [4.78, 5) is 7.38. The van der Waals surface area contributed by atoms with Crippen LogP contribution in [-0.2, 0) is 0 Å². The molecule has 2 aromatic carbocycles. The van der Waals surface area contributed by atoms with E-state index in [9.17, 15) is 0 Å². The molecule has 0 spiro atoms. The summed E-state index contributed by atoms with van der Waals surface area (Å²) >= 11 is 0. The minimum Gasteiger partial charge on any atom is -0.383 e. The summed E-state index contributed by atoms with van der Waals surface area (Å²) in [5, 5.41) is 4.84. The van der Waals surface area contributed by atoms with Crippen molar-refractivity contribution >= 4 is 16.6 Å². The van der Waals surface area contributed by atoms with Crippen LogP contribution in [0.5, 0.6) is 0 Å². The molecule has 0 unspecified atom stereocenters. The van der Waals surface area contributed by atoms with Gasteiger partial charge >= 0.3 is 0 Å². The SMILES string of the molecule is c1ccc(-c2cc(NCCN3CCCC3)c3ccccc3n2)cc1. The van der Waals surface area contributed by atoms with Gasteiger partial charge in [0.05, 0.1) is 11.2 Å².